The fourth-order valence-corrected chi connectivity index (χ4v) is 8.31. The third-order valence-corrected chi connectivity index (χ3v) is 10.5. The Kier molecular flexibility index (Phi) is 8.13. The number of aryl methyl sites for hydroxylation is 1. The number of rotatable bonds is 7. The van der Waals surface area contributed by atoms with Crippen LogP contribution in [0.4, 0.5) is 10.2 Å². The quantitative estimate of drug-likeness (QED) is 0.301. The van der Waals surface area contributed by atoms with Crippen molar-refractivity contribution < 1.29 is 13.9 Å². The van der Waals surface area contributed by atoms with Gasteiger partial charge in [0.25, 0.3) is 0 Å². The van der Waals surface area contributed by atoms with Crippen molar-refractivity contribution >= 4 is 34.2 Å². The van der Waals surface area contributed by atoms with Gasteiger partial charge in [0.05, 0.1) is 29.6 Å². The average molecular weight is 629 g/mol. The third kappa shape index (κ3) is 5.53. The summed E-state index contributed by atoms with van der Waals surface area (Å²) in [6, 6.07) is 12.6. The average Bonchev–Trinajstić information content (AvgIpc) is 3.58. The second-order valence-corrected chi connectivity index (χ2v) is 13.3. The molecule has 0 radical (unpaired) electrons. The number of halogens is 2. The van der Waals surface area contributed by atoms with Crippen molar-refractivity contribution in [1.29, 1.82) is 5.26 Å². The van der Waals surface area contributed by atoms with Crippen LogP contribution in [0.2, 0.25) is 5.02 Å². The summed E-state index contributed by atoms with van der Waals surface area (Å²) < 4.78 is 20.9. The first-order chi connectivity index (χ1) is 21.9. The molecule has 2 aromatic carbocycles. The molecule has 8 nitrogen and oxygen atoms in total. The molecule has 0 bridgehead atoms. The summed E-state index contributed by atoms with van der Waals surface area (Å²) in [5.74, 6) is 0.469. The van der Waals surface area contributed by atoms with Crippen LogP contribution in [0, 0.1) is 11.3 Å². The smallest absolute Gasteiger partial charge is 0.319 e. The van der Waals surface area contributed by atoms with Crippen LogP contribution in [0.15, 0.2) is 43.0 Å². The molecule has 7 rings (SSSR count). The lowest BCUT2D eigenvalue weighted by atomic mass is 9.86. The lowest BCUT2D eigenvalue weighted by Gasteiger charge is -2.41. The molecule has 4 heterocycles. The van der Waals surface area contributed by atoms with Gasteiger partial charge in [-0.05, 0) is 80.0 Å². The number of fused-ring (bicyclic) bond motifs is 3. The number of ether oxygens (including phenoxy) is 1. The summed E-state index contributed by atoms with van der Waals surface area (Å²) >= 11 is 7.06. The van der Waals surface area contributed by atoms with Gasteiger partial charge in [0, 0.05) is 48.6 Å². The van der Waals surface area contributed by atoms with Crippen molar-refractivity contribution in [2.75, 3.05) is 44.2 Å². The van der Waals surface area contributed by atoms with Gasteiger partial charge in [-0.15, -0.1) is 0 Å². The molecular formula is C35H38ClFN6O2. The van der Waals surface area contributed by atoms with Crippen molar-refractivity contribution in [3.05, 3.63) is 59.1 Å². The van der Waals surface area contributed by atoms with Crippen LogP contribution in [-0.4, -0.2) is 82.8 Å². The topological polar surface area (TPSA) is 85.6 Å². The molecule has 234 valence electrons. The van der Waals surface area contributed by atoms with Crippen molar-refractivity contribution in [2.24, 2.45) is 0 Å². The molecule has 10 heteroatoms. The summed E-state index contributed by atoms with van der Waals surface area (Å²) in [7, 11) is 0. The van der Waals surface area contributed by atoms with Crippen LogP contribution < -0.4 is 9.64 Å². The van der Waals surface area contributed by atoms with Crippen molar-refractivity contribution in [1.82, 2.24) is 19.8 Å². The lowest BCUT2D eigenvalue weighted by Crippen LogP contribution is -2.55. The first-order valence-electron chi connectivity index (χ1n) is 16.1. The standard InChI is InChI=1S/C35H38ClFN6O2/c1-2-32(44)43-16-15-41(21-25(43)11-13-38)33-29-17-30(36)28(27-10-5-8-23-7-3-4-9-26(23)27)18-31(29)39-34(40-33)45-22-35-12-6-14-42(35)20-24(37)19-35/h2,5,8,10,17-18,24-25H,1,3-4,6-7,9,11-12,14-16,19-22H2/t24-,25+,35?/m1/s1. The van der Waals surface area contributed by atoms with Crippen molar-refractivity contribution in [2.45, 2.75) is 69.1 Å². The predicted octanol–water partition coefficient (Wildman–Crippen LogP) is 5.90. The van der Waals surface area contributed by atoms with E-state index in [1.54, 1.807) is 4.90 Å². The molecule has 0 spiro atoms. The van der Waals surface area contributed by atoms with Gasteiger partial charge in [-0.25, -0.2) is 4.39 Å². The molecule has 0 N–H and O–H groups in total. The van der Waals surface area contributed by atoms with E-state index in [0.717, 1.165) is 55.2 Å². The van der Waals surface area contributed by atoms with Crippen molar-refractivity contribution in [3.8, 4) is 23.2 Å². The number of aromatic nitrogens is 2. The number of carbonyl (C=O) groups is 1. The number of piperazine rings is 1. The summed E-state index contributed by atoms with van der Waals surface area (Å²) in [6.07, 6.45) is 7.45. The summed E-state index contributed by atoms with van der Waals surface area (Å²) in [6.45, 7) is 6.66. The van der Waals surface area contributed by atoms with E-state index in [1.165, 1.54) is 23.6 Å². The maximum absolute atomic E-state index is 14.5. The molecule has 0 saturated carbocycles. The van der Waals surface area contributed by atoms with Crippen LogP contribution in [0.3, 0.4) is 0 Å². The zero-order chi connectivity index (χ0) is 31.1. The lowest BCUT2D eigenvalue weighted by molar-refractivity contribution is -0.128. The van der Waals surface area contributed by atoms with Crippen LogP contribution in [0.5, 0.6) is 6.01 Å². The van der Waals surface area contributed by atoms with Crippen LogP contribution in [0.25, 0.3) is 22.0 Å². The van der Waals surface area contributed by atoms with Gasteiger partial charge in [0.15, 0.2) is 0 Å². The van der Waals surface area contributed by atoms with E-state index in [0.29, 0.717) is 55.6 Å². The largest absolute Gasteiger partial charge is 0.461 e. The number of anilines is 1. The van der Waals surface area contributed by atoms with Gasteiger partial charge in [-0.2, -0.15) is 15.2 Å². The maximum Gasteiger partial charge on any atom is 0.319 e. The molecule has 3 aromatic rings. The Morgan fingerprint density at radius 1 is 1.16 bits per heavy atom. The minimum Gasteiger partial charge on any atom is -0.461 e. The molecule has 1 aromatic heterocycles. The van der Waals surface area contributed by atoms with Gasteiger partial charge in [-0.1, -0.05) is 36.4 Å². The molecule has 3 saturated heterocycles. The molecule has 3 aliphatic heterocycles. The van der Waals surface area contributed by atoms with Gasteiger partial charge in [0.1, 0.15) is 18.6 Å². The van der Waals surface area contributed by atoms with E-state index in [-0.39, 0.29) is 29.9 Å². The zero-order valence-corrected chi connectivity index (χ0v) is 26.2. The molecule has 3 fully saturated rings. The van der Waals surface area contributed by atoms with E-state index in [9.17, 15) is 14.4 Å². The Hall–Kier alpha value is -3.74. The normalized spacial score (nSPS) is 24.7. The van der Waals surface area contributed by atoms with E-state index in [2.05, 4.69) is 40.6 Å². The molecular weight excluding hydrogens is 591 g/mol. The SMILES string of the molecule is C=CC(=O)N1CCN(c2nc(OCC34CCCN3C[C@H](F)C4)nc3cc(-c4cccc5c4CCCC5)c(Cl)cc23)C[C@@H]1CC#N. The Balaban J connectivity index is 1.30. The van der Waals surface area contributed by atoms with Gasteiger partial charge in [-0.3, -0.25) is 9.69 Å². The minimum absolute atomic E-state index is 0.187. The Bertz CT molecular complexity index is 1690. The van der Waals surface area contributed by atoms with Crippen molar-refractivity contribution in [3.63, 3.8) is 0 Å². The van der Waals surface area contributed by atoms with Crippen LogP contribution in [-0.2, 0) is 17.6 Å². The van der Waals surface area contributed by atoms with E-state index in [4.69, 9.17) is 26.3 Å². The highest BCUT2D eigenvalue weighted by atomic mass is 35.5. The Morgan fingerprint density at radius 2 is 2.02 bits per heavy atom. The highest BCUT2D eigenvalue weighted by Crippen LogP contribution is 2.42. The molecule has 3 atom stereocenters. The third-order valence-electron chi connectivity index (χ3n) is 10.2. The number of hydrogen-bond donors (Lipinski definition) is 0. The highest BCUT2D eigenvalue weighted by Gasteiger charge is 2.49. The molecule has 4 aliphatic rings. The summed E-state index contributed by atoms with van der Waals surface area (Å²) in [5.41, 5.74) is 5.16. The second kappa shape index (κ2) is 12.2. The second-order valence-electron chi connectivity index (χ2n) is 12.9. The molecule has 45 heavy (non-hydrogen) atoms. The van der Waals surface area contributed by atoms with Crippen LogP contribution >= 0.6 is 11.6 Å². The highest BCUT2D eigenvalue weighted by molar-refractivity contribution is 6.34. The molecule has 1 aliphatic carbocycles. The number of nitrogens with zero attached hydrogens (tertiary/aromatic N) is 6. The minimum atomic E-state index is -0.852. The molecule has 1 unspecified atom stereocenters. The summed E-state index contributed by atoms with van der Waals surface area (Å²) in [5, 5.41) is 11.0. The Labute approximate surface area is 268 Å². The molecule has 1 amide bonds. The summed E-state index contributed by atoms with van der Waals surface area (Å²) in [4.78, 5) is 28.5. The maximum atomic E-state index is 14.5. The van der Waals surface area contributed by atoms with E-state index < -0.39 is 6.17 Å². The zero-order valence-electron chi connectivity index (χ0n) is 25.5. The first kappa shape index (κ1) is 29.9. The van der Waals surface area contributed by atoms with Gasteiger partial charge in [0.2, 0.25) is 5.91 Å². The number of benzene rings is 2. The van der Waals surface area contributed by atoms with E-state index >= 15 is 0 Å². The number of amides is 1. The predicted molar refractivity (Wildman–Crippen MR) is 173 cm³/mol. The number of carbonyl (C=O) groups excluding carboxylic acids is 1. The monoisotopic (exact) mass is 628 g/mol. The number of nitriles is 1. The number of hydrogen-bond acceptors (Lipinski definition) is 7. The number of alkyl halides is 1. The fraction of sp³-hybridized carbons (Fsp3) is 0.486. The van der Waals surface area contributed by atoms with Crippen LogP contribution in [0.1, 0.15) is 49.7 Å². The van der Waals surface area contributed by atoms with Gasteiger partial charge >= 0.3 is 6.01 Å². The van der Waals surface area contributed by atoms with E-state index in [1.807, 2.05) is 12.1 Å². The Morgan fingerprint density at radius 3 is 2.87 bits per heavy atom. The van der Waals surface area contributed by atoms with Gasteiger partial charge < -0.3 is 14.5 Å². The first-order valence-corrected chi connectivity index (χ1v) is 16.5. The fourth-order valence-electron chi connectivity index (χ4n) is 8.04.